The van der Waals surface area contributed by atoms with Crippen molar-refractivity contribution in [3.05, 3.63) is 138 Å². The van der Waals surface area contributed by atoms with Crippen LogP contribution < -0.4 is 75.9 Å². The largest absolute Gasteiger partial charge is 0.508 e. The summed E-state index contributed by atoms with van der Waals surface area (Å²) in [5, 5.41) is 46.2. The molecule has 6 rings (SSSR count). The molecule has 11 amide bonds. The van der Waals surface area contributed by atoms with Gasteiger partial charge in [0.1, 0.15) is 54.1 Å². The first-order valence-electron chi connectivity index (χ1n) is 30.4. The SMILES string of the molecule is CN=C(N)NCCC[C@H](NC(=O)[C@H](CC(C)C)NC(=O)NNC(=O)[C@H](Cc1ccccc1)NC(=O)[C@@H](NC(=O)[C@@H](NC(=O)[C@@H](Cc1c[nH]c2ccccc12)NC(=O)[C@@H](Cc1ccc(O)cc1)NC(C)=O)C(C)N)[C@@H](C)O)C(=O)N[C@@H](Cc1c[nH]c2ccccc12)C(N)=O. The number of hydrazine groups is 1. The number of benzene rings is 4. The number of aromatic nitrogens is 2. The number of aliphatic hydroxyl groups is 1. The molecule has 21 N–H and O–H groups in total. The van der Waals surface area contributed by atoms with Gasteiger partial charge in [-0.2, -0.15) is 0 Å². The molecule has 0 aliphatic rings. The van der Waals surface area contributed by atoms with Crippen LogP contribution in [-0.2, 0) is 68.8 Å². The normalized spacial score (nSPS) is 14.7. The number of amides is 11. The average molecular weight is 1280 g/mol. The number of rotatable bonds is 32. The van der Waals surface area contributed by atoms with Crippen LogP contribution in [0.2, 0.25) is 0 Å². The number of phenols is 1. The van der Waals surface area contributed by atoms with Gasteiger partial charge in [0.25, 0.3) is 5.91 Å². The number of aromatic amines is 2. The van der Waals surface area contributed by atoms with Crippen LogP contribution in [0.4, 0.5) is 4.79 Å². The van der Waals surface area contributed by atoms with E-state index in [0.717, 1.165) is 21.8 Å². The van der Waals surface area contributed by atoms with Crippen LogP contribution in [0.25, 0.3) is 21.8 Å². The summed E-state index contributed by atoms with van der Waals surface area (Å²) in [5.41, 5.74) is 26.4. The van der Waals surface area contributed by atoms with E-state index in [-0.39, 0.29) is 69.1 Å². The van der Waals surface area contributed by atoms with Crippen molar-refractivity contribution in [3.63, 3.8) is 0 Å². The van der Waals surface area contributed by atoms with Crippen molar-refractivity contribution in [3.8, 4) is 5.75 Å². The first-order chi connectivity index (χ1) is 44.3. The molecule has 0 radical (unpaired) electrons. The van der Waals surface area contributed by atoms with Gasteiger partial charge < -0.3 is 85.2 Å². The number of carbonyl (C=O) groups excluding carboxylic acids is 10. The average Bonchev–Trinajstić information content (AvgIpc) is 1.85. The molecule has 10 atom stereocenters. The van der Waals surface area contributed by atoms with Crippen LogP contribution in [0.3, 0.4) is 0 Å². The zero-order valence-electron chi connectivity index (χ0n) is 52.6. The highest BCUT2D eigenvalue weighted by molar-refractivity contribution is 5.99. The van der Waals surface area contributed by atoms with Crippen molar-refractivity contribution in [2.24, 2.45) is 28.1 Å². The van der Waals surface area contributed by atoms with Gasteiger partial charge in [0, 0.05) is 86.4 Å². The summed E-state index contributed by atoms with van der Waals surface area (Å²) < 4.78 is 0. The summed E-state index contributed by atoms with van der Waals surface area (Å²) in [7, 11) is 1.49. The van der Waals surface area contributed by atoms with Gasteiger partial charge in [-0.1, -0.05) is 92.7 Å². The standard InChI is InChI=1S/C64H85N17O12/c1-34(2)27-49(57(87)73-47(21-14-26-69-63(67)68-6)56(86)74-48(55(66)85)30-40-32-70-45-19-12-10-17-43(40)45)77-64(93)81-80-60(90)51(28-38-15-8-7-9-16-38)76-62(92)54(36(4)82)79-61(91)53(35(3)65)78-59(89)52(31-41-33-71-46-20-13-11-18-44(41)46)75-58(88)50(72-37(5)83)29-39-22-24-42(84)25-23-39/h7-13,15-20,22-25,32-36,47-54,70-71,82,84H,14,21,26-31,65H2,1-6H3,(H2,66,85)(H,72,83)(H,73,87)(H,74,86)(H,75,88)(H,76,92)(H,78,89)(H,79,91)(H,80,90)(H3,67,68,69)(H2,77,81,93)/t35?,36-,47+,48+,49+,50-,51+,52-,53+,54+/m1/s1. The fourth-order valence-corrected chi connectivity index (χ4v) is 10.2. The number of aliphatic hydroxyl groups excluding tert-OH is 1. The molecule has 2 heterocycles. The Morgan fingerprint density at radius 1 is 0.516 bits per heavy atom. The lowest BCUT2D eigenvalue weighted by Crippen LogP contribution is -2.64. The molecule has 29 nitrogen and oxygen atoms in total. The fraction of sp³-hybridized carbons (Fsp3) is 0.391. The van der Waals surface area contributed by atoms with Gasteiger partial charge in [-0.05, 0) is 85.5 Å². The van der Waals surface area contributed by atoms with Crippen LogP contribution in [0.15, 0.2) is 121 Å². The lowest BCUT2D eigenvalue weighted by atomic mass is 10.0. The van der Waals surface area contributed by atoms with Crippen molar-refractivity contribution < 1.29 is 58.2 Å². The molecule has 1 unspecified atom stereocenters. The predicted molar refractivity (Wildman–Crippen MR) is 348 cm³/mol. The fourth-order valence-electron chi connectivity index (χ4n) is 10.2. The van der Waals surface area contributed by atoms with Crippen LogP contribution in [0.5, 0.6) is 5.75 Å². The van der Waals surface area contributed by atoms with E-state index >= 15 is 0 Å². The van der Waals surface area contributed by atoms with Crippen molar-refractivity contribution in [1.29, 1.82) is 0 Å². The van der Waals surface area contributed by atoms with Crippen molar-refractivity contribution in [2.75, 3.05) is 13.6 Å². The van der Waals surface area contributed by atoms with Gasteiger partial charge in [-0.3, -0.25) is 53.6 Å². The van der Waals surface area contributed by atoms with E-state index in [2.05, 4.69) is 73.7 Å². The zero-order chi connectivity index (χ0) is 67.9. The topological polar surface area (TPSA) is 465 Å². The second-order valence-corrected chi connectivity index (χ2v) is 23.1. The summed E-state index contributed by atoms with van der Waals surface area (Å²) in [6.45, 7) is 7.63. The number of guanidine groups is 1. The molecule has 0 saturated heterocycles. The quantitative estimate of drug-likeness (QED) is 0.0108. The number of aromatic hydroxyl groups is 1. The Balaban J connectivity index is 1.15. The molecule has 2 aromatic heterocycles. The summed E-state index contributed by atoms with van der Waals surface area (Å²) >= 11 is 0. The van der Waals surface area contributed by atoms with E-state index in [0.29, 0.717) is 22.3 Å². The maximum absolute atomic E-state index is 14.5. The Labute approximate surface area is 537 Å². The van der Waals surface area contributed by atoms with Crippen molar-refractivity contribution in [2.45, 2.75) is 140 Å². The minimum absolute atomic E-state index is 0.0191. The molecule has 4 aromatic carbocycles. The number of para-hydroxylation sites is 2. The number of aliphatic imine (C=N–C) groups is 1. The summed E-state index contributed by atoms with van der Waals surface area (Å²) in [6.07, 6.45) is 1.72. The predicted octanol–water partition coefficient (Wildman–Crippen LogP) is -0.688. The molecule has 0 aliphatic carbocycles. The number of hydrogen-bond donors (Lipinski definition) is 18. The van der Waals surface area contributed by atoms with Gasteiger partial charge in [-0.15, -0.1) is 0 Å². The molecular formula is C64H85N17O12. The molecule has 6 aromatic rings. The van der Waals surface area contributed by atoms with E-state index < -0.39 is 120 Å². The lowest BCUT2D eigenvalue weighted by molar-refractivity contribution is -0.136. The molecule has 498 valence electrons. The van der Waals surface area contributed by atoms with Crippen LogP contribution in [0.1, 0.15) is 76.1 Å². The summed E-state index contributed by atoms with van der Waals surface area (Å²) in [4.78, 5) is 149. The maximum atomic E-state index is 14.5. The third-order valence-electron chi connectivity index (χ3n) is 15.1. The number of phenolic OH excluding ortho intramolecular Hbond substituents is 1. The second-order valence-electron chi connectivity index (χ2n) is 23.1. The number of fused-ring (bicyclic) bond motifs is 2. The molecule has 0 fully saturated rings. The van der Waals surface area contributed by atoms with Gasteiger partial charge in [0.05, 0.1) is 6.10 Å². The molecule has 0 saturated carbocycles. The molecule has 0 aliphatic heterocycles. The number of hydrogen-bond acceptors (Lipinski definition) is 14. The third kappa shape index (κ3) is 21.8. The lowest BCUT2D eigenvalue weighted by Gasteiger charge is -2.29. The smallest absolute Gasteiger partial charge is 0.334 e. The molecule has 29 heteroatoms. The number of urea groups is 1. The Hall–Kier alpha value is -10.6. The first kappa shape index (κ1) is 71.5. The van der Waals surface area contributed by atoms with Crippen molar-refractivity contribution >= 4 is 87.0 Å². The first-order valence-corrected chi connectivity index (χ1v) is 30.4. The highest BCUT2D eigenvalue weighted by Crippen LogP contribution is 2.22. The molecular weight excluding hydrogens is 1200 g/mol. The maximum Gasteiger partial charge on any atom is 0.334 e. The Morgan fingerprint density at radius 3 is 1.55 bits per heavy atom. The van der Waals surface area contributed by atoms with Gasteiger partial charge in [0.2, 0.25) is 47.3 Å². The minimum atomic E-state index is -1.81. The van der Waals surface area contributed by atoms with Gasteiger partial charge in [0.15, 0.2) is 5.96 Å². The van der Waals surface area contributed by atoms with E-state index in [1.54, 1.807) is 80.8 Å². The monoisotopic (exact) mass is 1280 g/mol. The van der Waals surface area contributed by atoms with E-state index in [1.807, 2.05) is 36.4 Å². The highest BCUT2D eigenvalue weighted by atomic mass is 16.3. The van der Waals surface area contributed by atoms with Gasteiger partial charge >= 0.3 is 6.03 Å². The Bertz CT molecular complexity index is 3590. The number of primary amides is 1. The zero-order valence-corrected chi connectivity index (χ0v) is 52.6. The summed E-state index contributed by atoms with van der Waals surface area (Å²) in [5.74, 6) is -7.78. The van der Waals surface area contributed by atoms with Crippen molar-refractivity contribution in [1.82, 2.24) is 68.7 Å². The second kappa shape index (κ2) is 34.6. The number of nitrogens with one attached hydrogen (secondary N) is 13. The number of H-pyrrole nitrogens is 2. The number of nitrogens with zero attached hydrogens (tertiary/aromatic N) is 1. The van der Waals surface area contributed by atoms with E-state index in [1.165, 1.54) is 40.0 Å². The number of carbonyl (C=O) groups is 10. The Morgan fingerprint density at radius 2 is 0.989 bits per heavy atom. The molecule has 0 bridgehead atoms. The highest BCUT2D eigenvalue weighted by Gasteiger charge is 2.37. The van der Waals surface area contributed by atoms with Crippen LogP contribution in [0, 0.1) is 5.92 Å². The number of nitrogens with two attached hydrogens (primary N) is 3. The van der Waals surface area contributed by atoms with Crippen LogP contribution >= 0.6 is 0 Å². The van der Waals surface area contributed by atoms with E-state index in [4.69, 9.17) is 17.2 Å². The van der Waals surface area contributed by atoms with E-state index in [9.17, 15) is 58.2 Å². The van der Waals surface area contributed by atoms with Crippen LogP contribution in [-0.4, -0.2) is 159 Å². The molecule has 93 heavy (non-hydrogen) atoms. The minimum Gasteiger partial charge on any atom is -0.508 e. The summed E-state index contributed by atoms with van der Waals surface area (Å²) in [6, 6.07) is 15.4. The molecule has 0 spiro atoms. The third-order valence-corrected chi connectivity index (χ3v) is 15.1. The van der Waals surface area contributed by atoms with Gasteiger partial charge in [-0.25, -0.2) is 10.2 Å². The Kier molecular flexibility index (Phi) is 26.6.